The summed E-state index contributed by atoms with van der Waals surface area (Å²) in [6, 6.07) is 22.5. The van der Waals surface area contributed by atoms with Gasteiger partial charge in [0.25, 0.3) is 5.91 Å². The number of amides is 1. The minimum Gasteiger partial charge on any atom is -0.493 e. The molecular formula is C26H21ClN2O3. The van der Waals surface area contributed by atoms with Crippen LogP contribution in [-0.2, 0) is 17.8 Å². The van der Waals surface area contributed by atoms with E-state index in [1.54, 1.807) is 36.3 Å². The van der Waals surface area contributed by atoms with E-state index < -0.39 is 0 Å². The zero-order valence-electron chi connectivity index (χ0n) is 17.5. The molecule has 5 nitrogen and oxygen atoms in total. The van der Waals surface area contributed by atoms with Gasteiger partial charge >= 0.3 is 0 Å². The summed E-state index contributed by atoms with van der Waals surface area (Å²) in [6.07, 6.45) is 2.36. The topological polar surface area (TPSA) is 62.6 Å². The average molecular weight is 445 g/mol. The SMILES string of the molecule is COc1cc(C=C(C#N)C(=O)N2CCc3ccccc32)ccc1OCc1ccc(Cl)cc1. The zero-order valence-corrected chi connectivity index (χ0v) is 18.3. The van der Waals surface area contributed by atoms with Gasteiger partial charge in [0, 0.05) is 17.3 Å². The van der Waals surface area contributed by atoms with E-state index in [0.717, 1.165) is 23.2 Å². The van der Waals surface area contributed by atoms with E-state index in [4.69, 9.17) is 21.1 Å². The first-order valence-electron chi connectivity index (χ1n) is 10.2. The summed E-state index contributed by atoms with van der Waals surface area (Å²) >= 11 is 5.92. The number of carbonyl (C=O) groups excluding carboxylic acids is 1. The Labute approximate surface area is 192 Å². The Morgan fingerprint density at radius 2 is 1.91 bits per heavy atom. The number of rotatable bonds is 6. The average Bonchev–Trinajstić information content (AvgIpc) is 3.26. The lowest BCUT2D eigenvalue weighted by molar-refractivity contribution is -0.114. The fourth-order valence-electron chi connectivity index (χ4n) is 3.64. The Bertz CT molecular complexity index is 1210. The molecule has 0 radical (unpaired) electrons. The zero-order chi connectivity index (χ0) is 22.5. The van der Waals surface area contributed by atoms with E-state index in [1.807, 2.05) is 54.6 Å². The Morgan fingerprint density at radius 1 is 1.12 bits per heavy atom. The summed E-state index contributed by atoms with van der Waals surface area (Å²) in [6.45, 7) is 0.928. The monoisotopic (exact) mass is 444 g/mol. The van der Waals surface area contributed by atoms with Crippen LogP contribution >= 0.6 is 11.6 Å². The minimum atomic E-state index is -0.306. The van der Waals surface area contributed by atoms with Gasteiger partial charge < -0.3 is 14.4 Å². The lowest BCUT2D eigenvalue weighted by Gasteiger charge is -2.16. The maximum absolute atomic E-state index is 13.0. The van der Waals surface area contributed by atoms with Crippen LogP contribution in [0.3, 0.4) is 0 Å². The van der Waals surface area contributed by atoms with Crippen molar-refractivity contribution in [1.29, 1.82) is 5.26 Å². The molecule has 0 spiro atoms. The van der Waals surface area contributed by atoms with E-state index in [-0.39, 0.29) is 11.5 Å². The van der Waals surface area contributed by atoms with Crippen molar-refractivity contribution in [3.05, 3.63) is 94.0 Å². The summed E-state index contributed by atoms with van der Waals surface area (Å²) in [5.74, 6) is 0.779. The third kappa shape index (κ3) is 4.61. The van der Waals surface area contributed by atoms with Gasteiger partial charge in [0.15, 0.2) is 11.5 Å². The Hall–Kier alpha value is -3.75. The summed E-state index contributed by atoms with van der Waals surface area (Å²) in [5.41, 5.74) is 3.70. The third-order valence-electron chi connectivity index (χ3n) is 5.29. The number of para-hydroxylation sites is 1. The number of methoxy groups -OCH3 is 1. The quantitative estimate of drug-likeness (QED) is 0.376. The third-order valence-corrected chi connectivity index (χ3v) is 5.54. The summed E-state index contributed by atoms with van der Waals surface area (Å²) in [5, 5.41) is 10.3. The van der Waals surface area contributed by atoms with Gasteiger partial charge in [0.05, 0.1) is 7.11 Å². The van der Waals surface area contributed by atoms with Crippen molar-refractivity contribution in [2.75, 3.05) is 18.6 Å². The molecule has 32 heavy (non-hydrogen) atoms. The van der Waals surface area contributed by atoms with Crippen molar-refractivity contribution < 1.29 is 14.3 Å². The molecule has 1 amide bonds. The second-order valence-electron chi connectivity index (χ2n) is 7.33. The van der Waals surface area contributed by atoms with E-state index in [9.17, 15) is 10.1 Å². The van der Waals surface area contributed by atoms with Crippen LogP contribution in [0.1, 0.15) is 16.7 Å². The van der Waals surface area contributed by atoms with Gasteiger partial charge in [-0.25, -0.2) is 0 Å². The molecule has 0 fully saturated rings. The van der Waals surface area contributed by atoms with Gasteiger partial charge in [-0.15, -0.1) is 0 Å². The van der Waals surface area contributed by atoms with Gasteiger partial charge in [-0.2, -0.15) is 5.26 Å². The highest BCUT2D eigenvalue weighted by Crippen LogP contribution is 2.31. The molecule has 0 bridgehead atoms. The van der Waals surface area contributed by atoms with E-state index in [2.05, 4.69) is 0 Å². The van der Waals surface area contributed by atoms with Crippen LogP contribution in [0.4, 0.5) is 5.69 Å². The molecule has 0 aliphatic carbocycles. The largest absolute Gasteiger partial charge is 0.493 e. The van der Waals surface area contributed by atoms with Crippen LogP contribution in [0.5, 0.6) is 11.5 Å². The Morgan fingerprint density at radius 3 is 2.66 bits per heavy atom. The number of halogens is 1. The van der Waals surface area contributed by atoms with E-state index in [1.165, 1.54) is 0 Å². The highest BCUT2D eigenvalue weighted by atomic mass is 35.5. The Kier molecular flexibility index (Phi) is 6.44. The number of hydrogen-bond donors (Lipinski definition) is 0. The number of anilines is 1. The number of carbonyl (C=O) groups is 1. The molecule has 4 rings (SSSR count). The van der Waals surface area contributed by atoms with Crippen LogP contribution in [0, 0.1) is 11.3 Å². The summed E-state index contributed by atoms with van der Waals surface area (Å²) < 4.78 is 11.3. The van der Waals surface area contributed by atoms with Crippen molar-refractivity contribution in [2.24, 2.45) is 0 Å². The van der Waals surface area contributed by atoms with Crippen molar-refractivity contribution in [2.45, 2.75) is 13.0 Å². The summed E-state index contributed by atoms with van der Waals surface area (Å²) in [4.78, 5) is 14.7. The van der Waals surface area contributed by atoms with Gasteiger partial charge in [-0.1, -0.05) is 48.0 Å². The highest BCUT2D eigenvalue weighted by Gasteiger charge is 2.26. The Balaban J connectivity index is 1.53. The van der Waals surface area contributed by atoms with Crippen LogP contribution in [0.2, 0.25) is 5.02 Å². The van der Waals surface area contributed by atoms with E-state index in [0.29, 0.717) is 35.2 Å². The first-order chi connectivity index (χ1) is 15.6. The predicted molar refractivity (Wildman–Crippen MR) is 125 cm³/mol. The van der Waals surface area contributed by atoms with Crippen molar-refractivity contribution in [3.8, 4) is 17.6 Å². The molecular weight excluding hydrogens is 424 g/mol. The number of ether oxygens (including phenoxy) is 2. The molecule has 0 aromatic heterocycles. The lowest BCUT2D eigenvalue weighted by atomic mass is 10.1. The molecule has 1 heterocycles. The highest BCUT2D eigenvalue weighted by molar-refractivity contribution is 6.30. The molecule has 0 atom stereocenters. The van der Waals surface area contributed by atoms with Gasteiger partial charge in [-0.05, 0) is 59.5 Å². The molecule has 0 N–H and O–H groups in total. The maximum Gasteiger partial charge on any atom is 0.268 e. The molecule has 3 aromatic rings. The van der Waals surface area contributed by atoms with Gasteiger partial charge in [0.2, 0.25) is 0 Å². The fourth-order valence-corrected chi connectivity index (χ4v) is 3.76. The van der Waals surface area contributed by atoms with Gasteiger partial charge in [0.1, 0.15) is 18.2 Å². The van der Waals surface area contributed by atoms with Crippen LogP contribution in [0.15, 0.2) is 72.3 Å². The minimum absolute atomic E-state index is 0.0681. The second kappa shape index (κ2) is 9.59. The van der Waals surface area contributed by atoms with Crippen LogP contribution in [0.25, 0.3) is 6.08 Å². The molecule has 1 aliphatic rings. The van der Waals surface area contributed by atoms with Gasteiger partial charge in [-0.3, -0.25) is 4.79 Å². The van der Waals surface area contributed by atoms with E-state index >= 15 is 0 Å². The lowest BCUT2D eigenvalue weighted by Crippen LogP contribution is -2.29. The van der Waals surface area contributed by atoms with Crippen molar-refractivity contribution in [1.82, 2.24) is 0 Å². The predicted octanol–water partition coefficient (Wildman–Crippen LogP) is 5.42. The number of hydrogen-bond acceptors (Lipinski definition) is 4. The molecule has 6 heteroatoms. The maximum atomic E-state index is 13.0. The first-order valence-corrected chi connectivity index (χ1v) is 10.5. The molecule has 3 aromatic carbocycles. The van der Waals surface area contributed by atoms with Crippen molar-refractivity contribution >= 4 is 29.3 Å². The summed E-state index contributed by atoms with van der Waals surface area (Å²) in [7, 11) is 1.55. The standard InChI is InChI=1S/C26H21ClN2O3/c1-31-25-15-19(8-11-24(25)32-17-18-6-9-22(27)10-7-18)14-21(16-28)26(30)29-13-12-20-4-2-3-5-23(20)29/h2-11,14-15H,12-13,17H2,1H3. The van der Waals surface area contributed by atoms with Crippen LogP contribution < -0.4 is 14.4 Å². The number of benzene rings is 3. The molecule has 1 aliphatic heterocycles. The van der Waals surface area contributed by atoms with Crippen molar-refractivity contribution in [3.63, 3.8) is 0 Å². The van der Waals surface area contributed by atoms with Crippen LogP contribution in [-0.4, -0.2) is 19.6 Å². The molecule has 0 saturated heterocycles. The fraction of sp³-hybridized carbons (Fsp3) is 0.154. The molecule has 0 unspecified atom stereocenters. The number of nitriles is 1. The second-order valence-corrected chi connectivity index (χ2v) is 7.77. The first kappa shape index (κ1) is 21.5. The number of fused-ring (bicyclic) bond motifs is 1. The smallest absolute Gasteiger partial charge is 0.268 e. The number of nitrogens with zero attached hydrogens (tertiary/aromatic N) is 2. The normalized spacial score (nSPS) is 12.8. The molecule has 0 saturated carbocycles. The molecule has 160 valence electrons.